The Balaban J connectivity index is 0. The van der Waals surface area contributed by atoms with E-state index >= 15 is 0 Å². The Hall–Kier alpha value is -0.0800. The lowest BCUT2D eigenvalue weighted by Gasteiger charge is -2.23. The van der Waals surface area contributed by atoms with Crippen molar-refractivity contribution in [1.82, 2.24) is 0 Å². The maximum atomic E-state index is 10.1. The van der Waals surface area contributed by atoms with E-state index in [2.05, 4.69) is 5.73 Å². The van der Waals surface area contributed by atoms with Gasteiger partial charge in [-0.1, -0.05) is 20.8 Å². The van der Waals surface area contributed by atoms with Gasteiger partial charge >= 0.3 is 0 Å². The minimum absolute atomic E-state index is 0.750. The molecule has 0 fully saturated rings. The van der Waals surface area contributed by atoms with Gasteiger partial charge in [0, 0.05) is 0 Å². The molecular formula is C5H15NO. The Kier molecular flexibility index (Phi) is 5.85. The first-order valence-electron chi connectivity index (χ1n) is 2.41. The van der Waals surface area contributed by atoms with Crippen molar-refractivity contribution >= 4 is 0 Å². The van der Waals surface area contributed by atoms with E-state index in [0.717, 1.165) is 0 Å². The first-order valence-corrected chi connectivity index (χ1v) is 2.41. The molecule has 0 unspecified atom stereocenters. The second-order valence-electron chi connectivity index (χ2n) is 2.11. The molecule has 0 spiro atoms. The van der Waals surface area contributed by atoms with E-state index in [-0.39, 0.29) is 0 Å². The standard InChI is InChI=1S/C4H9O.CH5N/c1-4(2,3)5;1-2/h1-3H3;2H2,1H3/q-1;/p+1. The molecule has 0 aliphatic carbocycles. The molecule has 0 aromatic rings. The van der Waals surface area contributed by atoms with Crippen LogP contribution in [-0.2, 0) is 0 Å². The summed E-state index contributed by atoms with van der Waals surface area (Å²) in [6.45, 7) is 4.90. The Morgan fingerprint density at radius 2 is 1.14 bits per heavy atom. The van der Waals surface area contributed by atoms with Gasteiger partial charge in [0.05, 0.1) is 7.05 Å². The van der Waals surface area contributed by atoms with Gasteiger partial charge in [0.2, 0.25) is 0 Å². The molecular weight excluding hydrogens is 90.1 g/mol. The summed E-state index contributed by atoms with van der Waals surface area (Å²) in [6, 6.07) is 0. The topological polar surface area (TPSA) is 50.7 Å². The highest BCUT2D eigenvalue weighted by atomic mass is 16.3. The van der Waals surface area contributed by atoms with Gasteiger partial charge in [-0.3, -0.25) is 0 Å². The molecule has 0 saturated heterocycles. The smallest absolute Gasteiger partial charge is 0.0634 e. The number of hydrogen-bond donors (Lipinski definition) is 1. The summed E-state index contributed by atoms with van der Waals surface area (Å²) in [7, 11) is 1.75. The van der Waals surface area contributed by atoms with Crippen LogP contribution in [0, 0.1) is 0 Å². The predicted octanol–water partition coefficient (Wildman–Crippen LogP) is -0.997. The number of quaternary nitrogens is 1. The van der Waals surface area contributed by atoms with E-state index in [9.17, 15) is 5.11 Å². The average molecular weight is 105 g/mol. The van der Waals surface area contributed by atoms with Crippen molar-refractivity contribution in [2.24, 2.45) is 0 Å². The molecule has 0 bridgehead atoms. The van der Waals surface area contributed by atoms with Crippen molar-refractivity contribution in [3.63, 3.8) is 0 Å². The van der Waals surface area contributed by atoms with Crippen molar-refractivity contribution in [1.29, 1.82) is 0 Å². The lowest BCUT2D eigenvalue weighted by molar-refractivity contribution is -0.458. The SMILES string of the molecule is CC(C)(C)[O-].C[NH3+]. The fourth-order valence-corrected chi connectivity index (χ4v) is 0. The monoisotopic (exact) mass is 105 g/mol. The van der Waals surface area contributed by atoms with Crippen LogP contribution in [0.5, 0.6) is 0 Å². The van der Waals surface area contributed by atoms with Crippen LogP contribution in [0.25, 0.3) is 0 Å². The Labute approximate surface area is 45.3 Å². The highest BCUT2D eigenvalue weighted by Crippen LogP contribution is 1.87. The molecule has 0 saturated carbocycles. The van der Waals surface area contributed by atoms with Gasteiger partial charge in [0.25, 0.3) is 0 Å². The molecule has 0 radical (unpaired) electrons. The second-order valence-corrected chi connectivity index (χ2v) is 2.11. The first-order chi connectivity index (χ1) is 3.00. The van der Waals surface area contributed by atoms with Gasteiger partial charge in [0.15, 0.2) is 0 Å². The molecule has 0 aliphatic rings. The summed E-state index contributed by atoms with van der Waals surface area (Å²) >= 11 is 0. The third kappa shape index (κ3) is 14200. The van der Waals surface area contributed by atoms with Crippen LogP contribution in [0.2, 0.25) is 0 Å². The summed E-state index contributed by atoms with van der Waals surface area (Å²) in [4.78, 5) is 0. The molecule has 46 valence electrons. The predicted molar refractivity (Wildman–Crippen MR) is 28.6 cm³/mol. The van der Waals surface area contributed by atoms with Gasteiger partial charge in [-0.2, -0.15) is 0 Å². The highest BCUT2D eigenvalue weighted by molar-refractivity contribution is 4.48. The molecule has 7 heavy (non-hydrogen) atoms. The van der Waals surface area contributed by atoms with Crippen molar-refractivity contribution in [3.05, 3.63) is 0 Å². The molecule has 2 nitrogen and oxygen atoms in total. The van der Waals surface area contributed by atoms with E-state index in [4.69, 9.17) is 0 Å². The van der Waals surface area contributed by atoms with E-state index < -0.39 is 5.60 Å². The molecule has 3 N–H and O–H groups in total. The van der Waals surface area contributed by atoms with Crippen LogP contribution in [-0.4, -0.2) is 12.6 Å². The summed E-state index contributed by atoms with van der Waals surface area (Å²) in [6.07, 6.45) is 0. The van der Waals surface area contributed by atoms with Crippen LogP contribution in [0.3, 0.4) is 0 Å². The quantitative estimate of drug-likeness (QED) is 0.422. The zero-order valence-electron chi connectivity index (χ0n) is 5.62. The van der Waals surface area contributed by atoms with E-state index in [1.807, 2.05) is 0 Å². The third-order valence-corrected chi connectivity index (χ3v) is 0. The summed E-state index contributed by atoms with van der Waals surface area (Å²) in [5.74, 6) is 0. The Morgan fingerprint density at radius 3 is 1.14 bits per heavy atom. The van der Waals surface area contributed by atoms with E-state index in [1.54, 1.807) is 27.8 Å². The minimum atomic E-state index is -0.750. The molecule has 0 aromatic heterocycles. The summed E-state index contributed by atoms with van der Waals surface area (Å²) < 4.78 is 0. The lowest BCUT2D eigenvalue weighted by atomic mass is 10.2. The van der Waals surface area contributed by atoms with Crippen molar-refractivity contribution < 1.29 is 10.8 Å². The third-order valence-electron chi connectivity index (χ3n) is 0. The first kappa shape index (κ1) is 10.0. The van der Waals surface area contributed by atoms with Gasteiger partial charge in [-0.15, -0.1) is 5.60 Å². The molecule has 0 aromatic carbocycles. The van der Waals surface area contributed by atoms with Gasteiger partial charge in [-0.25, -0.2) is 0 Å². The molecule has 0 amide bonds. The average Bonchev–Trinajstić information content (AvgIpc) is 1.36. The maximum Gasteiger partial charge on any atom is 0.0634 e. The van der Waals surface area contributed by atoms with Gasteiger partial charge in [0.1, 0.15) is 0 Å². The fraction of sp³-hybridized carbons (Fsp3) is 1.00. The largest absolute Gasteiger partial charge is 0.850 e. The zero-order valence-corrected chi connectivity index (χ0v) is 5.62. The summed E-state index contributed by atoms with van der Waals surface area (Å²) in [5, 5.41) is 10.1. The lowest BCUT2D eigenvalue weighted by Crippen LogP contribution is -2.40. The normalized spacial score (nSPS) is 9.43. The maximum absolute atomic E-state index is 10.1. The fourth-order valence-electron chi connectivity index (χ4n) is 0. The highest BCUT2D eigenvalue weighted by Gasteiger charge is 1.83. The zero-order chi connectivity index (χ0) is 6.50. The second kappa shape index (κ2) is 4.09. The molecule has 0 atom stereocenters. The van der Waals surface area contributed by atoms with E-state index in [0.29, 0.717) is 0 Å². The Bertz CT molecular complexity index is 23.6. The number of hydrogen-bond acceptors (Lipinski definition) is 1. The molecule has 2 heteroatoms. The van der Waals surface area contributed by atoms with Crippen molar-refractivity contribution in [3.8, 4) is 0 Å². The Morgan fingerprint density at radius 1 is 1.14 bits per heavy atom. The van der Waals surface area contributed by atoms with Crippen LogP contribution in [0.4, 0.5) is 0 Å². The molecule has 0 heterocycles. The van der Waals surface area contributed by atoms with Crippen LogP contribution in [0.1, 0.15) is 20.8 Å². The number of rotatable bonds is 0. The van der Waals surface area contributed by atoms with Crippen molar-refractivity contribution in [2.75, 3.05) is 7.05 Å². The van der Waals surface area contributed by atoms with Crippen LogP contribution < -0.4 is 10.8 Å². The van der Waals surface area contributed by atoms with Crippen LogP contribution >= 0.6 is 0 Å². The van der Waals surface area contributed by atoms with Crippen LogP contribution in [0.15, 0.2) is 0 Å². The van der Waals surface area contributed by atoms with E-state index in [1.165, 1.54) is 0 Å². The van der Waals surface area contributed by atoms with Gasteiger partial charge < -0.3 is 10.8 Å². The van der Waals surface area contributed by atoms with Gasteiger partial charge in [-0.05, 0) is 0 Å². The molecule has 0 rings (SSSR count). The molecule has 0 aliphatic heterocycles. The van der Waals surface area contributed by atoms with Crippen molar-refractivity contribution in [2.45, 2.75) is 26.4 Å². The summed E-state index contributed by atoms with van der Waals surface area (Å²) in [5.41, 5.74) is 2.50. The minimum Gasteiger partial charge on any atom is -0.850 e.